The lowest BCUT2D eigenvalue weighted by Crippen LogP contribution is -2.63. The number of rotatable bonds is 3. The summed E-state index contributed by atoms with van der Waals surface area (Å²) in [6.07, 6.45) is -3.94. The highest BCUT2D eigenvalue weighted by Crippen LogP contribution is 2.20. The molecule has 94 valence electrons. The zero-order chi connectivity index (χ0) is 12.3. The highest BCUT2D eigenvalue weighted by molar-refractivity contribution is 5.77. The van der Waals surface area contributed by atoms with Gasteiger partial charge in [0.2, 0.25) is 5.91 Å². The van der Waals surface area contributed by atoms with Crippen molar-refractivity contribution in [3.63, 3.8) is 0 Å². The van der Waals surface area contributed by atoms with Crippen molar-refractivity contribution in [3.8, 4) is 0 Å². The zero-order valence-corrected chi connectivity index (χ0v) is 8.91. The molecule has 1 aliphatic rings. The highest BCUT2D eigenvalue weighted by atomic mass is 16.5. The quantitative estimate of drug-likeness (QED) is 0.355. The molecule has 5 unspecified atom stereocenters. The standard InChI is InChI=1S/C9H17NO6/c1-4-7(10-6(13)3-12)9(15)8(14)5(2-11)16-4/h4-5,7-9,11-12,14-15H,2-3H2,1H3,(H,10,13). The maximum absolute atomic E-state index is 11.0. The van der Waals surface area contributed by atoms with Crippen LogP contribution in [-0.2, 0) is 9.53 Å². The van der Waals surface area contributed by atoms with Gasteiger partial charge in [-0.15, -0.1) is 0 Å². The number of carbonyl (C=O) groups is 1. The maximum Gasteiger partial charge on any atom is 0.246 e. The van der Waals surface area contributed by atoms with Crippen LogP contribution in [0.2, 0.25) is 0 Å². The first-order valence-corrected chi connectivity index (χ1v) is 5.04. The normalized spacial score (nSPS) is 39.4. The Bertz CT molecular complexity index is 248. The average molecular weight is 235 g/mol. The van der Waals surface area contributed by atoms with Gasteiger partial charge in [-0.3, -0.25) is 4.79 Å². The van der Waals surface area contributed by atoms with E-state index in [1.165, 1.54) is 0 Å². The second-order valence-corrected chi connectivity index (χ2v) is 3.79. The maximum atomic E-state index is 11.0. The summed E-state index contributed by atoms with van der Waals surface area (Å²) in [7, 11) is 0. The third-order valence-corrected chi connectivity index (χ3v) is 2.65. The highest BCUT2D eigenvalue weighted by Gasteiger charge is 2.42. The van der Waals surface area contributed by atoms with Gasteiger partial charge in [-0.1, -0.05) is 0 Å². The van der Waals surface area contributed by atoms with Gasteiger partial charge < -0.3 is 30.5 Å². The van der Waals surface area contributed by atoms with E-state index in [9.17, 15) is 15.0 Å². The minimum absolute atomic E-state index is 0.413. The molecule has 1 amide bonds. The van der Waals surface area contributed by atoms with E-state index in [1.807, 2.05) is 0 Å². The second-order valence-electron chi connectivity index (χ2n) is 3.79. The van der Waals surface area contributed by atoms with Gasteiger partial charge >= 0.3 is 0 Å². The van der Waals surface area contributed by atoms with E-state index in [2.05, 4.69) is 5.32 Å². The molecule has 0 aromatic rings. The van der Waals surface area contributed by atoms with Crippen LogP contribution < -0.4 is 5.32 Å². The molecule has 1 fully saturated rings. The van der Waals surface area contributed by atoms with Crippen LogP contribution in [0.1, 0.15) is 6.92 Å². The number of nitrogens with one attached hydrogen (secondary N) is 1. The van der Waals surface area contributed by atoms with Crippen molar-refractivity contribution in [2.75, 3.05) is 13.2 Å². The number of aliphatic hydroxyl groups excluding tert-OH is 4. The topological polar surface area (TPSA) is 119 Å². The summed E-state index contributed by atoms with van der Waals surface area (Å²) in [5.41, 5.74) is 0. The smallest absolute Gasteiger partial charge is 0.246 e. The van der Waals surface area contributed by atoms with Crippen molar-refractivity contribution in [1.82, 2.24) is 5.32 Å². The Morgan fingerprint density at radius 1 is 1.31 bits per heavy atom. The minimum atomic E-state index is -1.27. The Labute approximate surface area is 92.7 Å². The zero-order valence-electron chi connectivity index (χ0n) is 8.91. The molecule has 0 radical (unpaired) electrons. The Morgan fingerprint density at radius 3 is 2.44 bits per heavy atom. The van der Waals surface area contributed by atoms with Crippen LogP contribution in [0, 0.1) is 0 Å². The van der Waals surface area contributed by atoms with E-state index in [-0.39, 0.29) is 0 Å². The van der Waals surface area contributed by atoms with Crippen LogP contribution in [0.3, 0.4) is 0 Å². The molecule has 5 atom stereocenters. The van der Waals surface area contributed by atoms with Crippen LogP contribution in [-0.4, -0.2) is 70.0 Å². The summed E-state index contributed by atoms with van der Waals surface area (Å²) in [5, 5.41) is 39.1. The van der Waals surface area contributed by atoms with Crippen LogP contribution in [0.5, 0.6) is 0 Å². The first kappa shape index (κ1) is 13.3. The molecule has 0 aromatic carbocycles. The van der Waals surface area contributed by atoms with Gasteiger partial charge in [0.15, 0.2) is 0 Å². The fourth-order valence-electron chi connectivity index (χ4n) is 1.74. The lowest BCUT2D eigenvalue weighted by Gasteiger charge is -2.41. The number of hydrogen-bond acceptors (Lipinski definition) is 6. The van der Waals surface area contributed by atoms with Gasteiger partial charge in [-0.05, 0) is 6.92 Å². The Balaban J connectivity index is 2.67. The molecule has 0 bridgehead atoms. The van der Waals surface area contributed by atoms with E-state index < -0.39 is 49.6 Å². The molecule has 16 heavy (non-hydrogen) atoms. The van der Waals surface area contributed by atoms with E-state index in [1.54, 1.807) is 6.92 Å². The predicted molar refractivity (Wildman–Crippen MR) is 52.5 cm³/mol. The third-order valence-electron chi connectivity index (χ3n) is 2.65. The number of amides is 1. The molecular weight excluding hydrogens is 218 g/mol. The number of ether oxygens (including phenoxy) is 1. The first-order chi connectivity index (χ1) is 7.51. The molecule has 1 saturated heterocycles. The van der Waals surface area contributed by atoms with Gasteiger partial charge in [0.25, 0.3) is 0 Å². The van der Waals surface area contributed by atoms with Crippen LogP contribution >= 0.6 is 0 Å². The van der Waals surface area contributed by atoms with Crippen LogP contribution in [0.15, 0.2) is 0 Å². The summed E-state index contributed by atoms with van der Waals surface area (Å²) in [6.45, 7) is 0.485. The molecule has 5 N–H and O–H groups in total. The van der Waals surface area contributed by atoms with Crippen molar-refractivity contribution in [1.29, 1.82) is 0 Å². The Morgan fingerprint density at radius 2 is 1.94 bits per heavy atom. The Kier molecular flexibility index (Phi) is 4.63. The average Bonchev–Trinajstić information content (AvgIpc) is 2.28. The summed E-state index contributed by atoms with van der Waals surface area (Å²) in [4.78, 5) is 11.0. The van der Waals surface area contributed by atoms with E-state index in [0.29, 0.717) is 0 Å². The van der Waals surface area contributed by atoms with E-state index >= 15 is 0 Å². The Hall–Kier alpha value is -0.730. The SMILES string of the molecule is CC1OC(CO)C(O)C(O)C1NC(=O)CO. The van der Waals surface area contributed by atoms with Crippen molar-refractivity contribution in [2.45, 2.75) is 37.4 Å². The molecule has 0 aromatic heterocycles. The molecular formula is C9H17NO6. The predicted octanol–water partition coefficient (Wildman–Crippen LogP) is -3.04. The van der Waals surface area contributed by atoms with Gasteiger partial charge in [0, 0.05) is 0 Å². The van der Waals surface area contributed by atoms with Gasteiger partial charge in [-0.25, -0.2) is 0 Å². The number of aliphatic hydroxyl groups is 4. The summed E-state index contributed by atoms with van der Waals surface area (Å²) in [5.74, 6) is -0.658. The molecule has 7 heteroatoms. The summed E-state index contributed by atoms with van der Waals surface area (Å²) >= 11 is 0. The number of carbonyl (C=O) groups excluding carboxylic acids is 1. The summed E-state index contributed by atoms with van der Waals surface area (Å²) < 4.78 is 5.22. The number of hydrogen-bond donors (Lipinski definition) is 5. The molecule has 0 saturated carbocycles. The van der Waals surface area contributed by atoms with Gasteiger partial charge in [-0.2, -0.15) is 0 Å². The second kappa shape index (κ2) is 5.55. The molecule has 1 aliphatic heterocycles. The van der Waals surface area contributed by atoms with Crippen molar-refractivity contribution in [2.24, 2.45) is 0 Å². The first-order valence-electron chi connectivity index (χ1n) is 5.04. The van der Waals surface area contributed by atoms with Crippen molar-refractivity contribution in [3.05, 3.63) is 0 Å². The lowest BCUT2D eigenvalue weighted by molar-refractivity contribution is -0.191. The lowest BCUT2D eigenvalue weighted by atomic mass is 9.93. The largest absolute Gasteiger partial charge is 0.394 e. The van der Waals surface area contributed by atoms with E-state index in [0.717, 1.165) is 0 Å². The molecule has 1 rings (SSSR count). The monoisotopic (exact) mass is 235 g/mol. The molecule has 7 nitrogen and oxygen atoms in total. The van der Waals surface area contributed by atoms with E-state index in [4.69, 9.17) is 14.9 Å². The third kappa shape index (κ3) is 2.69. The fourth-order valence-corrected chi connectivity index (χ4v) is 1.74. The summed E-state index contributed by atoms with van der Waals surface area (Å²) in [6, 6.07) is -0.808. The van der Waals surface area contributed by atoms with Gasteiger partial charge in [0.1, 0.15) is 24.9 Å². The molecule has 1 heterocycles. The van der Waals surface area contributed by atoms with Crippen molar-refractivity contribution < 1.29 is 30.0 Å². The molecule has 0 aliphatic carbocycles. The van der Waals surface area contributed by atoms with Gasteiger partial charge in [0.05, 0.1) is 18.8 Å². The molecule has 0 spiro atoms. The van der Waals surface area contributed by atoms with Crippen LogP contribution in [0.25, 0.3) is 0 Å². The van der Waals surface area contributed by atoms with Crippen LogP contribution in [0.4, 0.5) is 0 Å². The van der Waals surface area contributed by atoms with Crippen molar-refractivity contribution >= 4 is 5.91 Å². The minimum Gasteiger partial charge on any atom is -0.394 e. The fraction of sp³-hybridized carbons (Fsp3) is 0.889.